The Balaban J connectivity index is 0.954. The van der Waals surface area contributed by atoms with Gasteiger partial charge >= 0.3 is 17.9 Å². The Kier molecular flexibility index (Phi) is 14.1. The minimum atomic E-state index is -0.609. The second kappa shape index (κ2) is 19.8. The second-order valence-electron chi connectivity index (χ2n) is 12.3. The van der Waals surface area contributed by atoms with Crippen LogP contribution in [0.5, 0.6) is 17.2 Å². The maximum absolute atomic E-state index is 12.9. The van der Waals surface area contributed by atoms with Crippen LogP contribution < -0.4 is 14.2 Å². The molecule has 0 spiro atoms. The molecule has 0 aliphatic rings. The third kappa shape index (κ3) is 11.5. The van der Waals surface area contributed by atoms with Crippen LogP contribution in [0.4, 0.5) is 0 Å². The Bertz CT molecular complexity index is 1970. The highest BCUT2D eigenvalue weighted by Gasteiger charge is 2.20. The third-order valence-electron chi connectivity index (χ3n) is 8.35. The lowest BCUT2D eigenvalue weighted by atomic mass is 9.93. The van der Waals surface area contributed by atoms with Gasteiger partial charge in [0.05, 0.1) is 24.3 Å². The molecule has 0 N–H and O–H groups in total. The van der Waals surface area contributed by atoms with Crippen LogP contribution in [0.3, 0.4) is 0 Å². The summed E-state index contributed by atoms with van der Waals surface area (Å²) >= 11 is 0. The van der Waals surface area contributed by atoms with E-state index in [1.54, 1.807) is 60.7 Å². The molecule has 0 unspecified atom stereocenters. The fourth-order valence-electron chi connectivity index (χ4n) is 5.49. The molecule has 5 aromatic carbocycles. The van der Waals surface area contributed by atoms with Gasteiger partial charge in [-0.15, -0.1) is 0 Å². The van der Waals surface area contributed by atoms with Crippen LogP contribution in [0.1, 0.15) is 75.9 Å². The van der Waals surface area contributed by atoms with Gasteiger partial charge in [-0.05, 0) is 91.6 Å². The molecule has 5 rings (SSSR count). The number of hydrogen-bond donors (Lipinski definition) is 0. The minimum Gasteiger partial charge on any atom is -0.494 e. The number of esters is 3. The standard InChI is InChI=1S/C45H41NO7/c1-33-18-20-36(21-19-33)43(47)52-39-26-28-40(29-27-39)53-44(48)37-22-24-38(25-23-37)50-30-12-4-2-3-5-13-31-51-45(49)41(32-46)42(34-14-8-6-9-15-34)35-16-10-7-11-17-35/h6-11,14-29H,2-5,12-13,30-31H2,1H3. The van der Waals surface area contributed by atoms with E-state index in [4.69, 9.17) is 18.9 Å². The smallest absolute Gasteiger partial charge is 0.349 e. The Labute approximate surface area is 310 Å². The van der Waals surface area contributed by atoms with E-state index in [0.29, 0.717) is 40.6 Å². The summed E-state index contributed by atoms with van der Waals surface area (Å²) in [6, 6.07) is 41.1. The highest BCUT2D eigenvalue weighted by molar-refractivity contribution is 6.05. The molecular weight excluding hydrogens is 666 g/mol. The van der Waals surface area contributed by atoms with E-state index < -0.39 is 17.9 Å². The van der Waals surface area contributed by atoms with E-state index in [0.717, 1.165) is 55.2 Å². The molecule has 0 saturated carbocycles. The number of hydrogen-bond acceptors (Lipinski definition) is 8. The number of aryl methyl sites for hydroxylation is 1. The predicted octanol–water partition coefficient (Wildman–Crippen LogP) is 9.72. The monoisotopic (exact) mass is 707 g/mol. The van der Waals surface area contributed by atoms with Gasteiger partial charge in [0.1, 0.15) is 28.9 Å². The SMILES string of the molecule is Cc1ccc(C(=O)Oc2ccc(OC(=O)c3ccc(OCCCCCCCCOC(=O)C(C#N)=C(c4ccccc4)c4ccccc4)cc3)cc2)cc1. The third-order valence-corrected chi connectivity index (χ3v) is 8.35. The van der Waals surface area contributed by atoms with Gasteiger partial charge in [-0.1, -0.05) is 104 Å². The van der Waals surface area contributed by atoms with Crippen molar-refractivity contribution in [3.8, 4) is 23.3 Å². The van der Waals surface area contributed by atoms with Crippen LogP contribution in [-0.4, -0.2) is 31.1 Å². The molecule has 0 bridgehead atoms. The van der Waals surface area contributed by atoms with Gasteiger partial charge in [-0.25, -0.2) is 14.4 Å². The molecule has 0 radical (unpaired) electrons. The van der Waals surface area contributed by atoms with Gasteiger partial charge in [0.2, 0.25) is 0 Å². The van der Waals surface area contributed by atoms with E-state index in [1.807, 2.05) is 79.7 Å². The summed E-state index contributed by atoms with van der Waals surface area (Å²) in [5, 5.41) is 9.90. The van der Waals surface area contributed by atoms with E-state index in [9.17, 15) is 19.6 Å². The molecular formula is C45H41NO7. The molecule has 0 aliphatic heterocycles. The quantitative estimate of drug-likeness (QED) is 0.0309. The molecule has 5 aromatic rings. The number of nitrogens with zero attached hydrogens (tertiary/aromatic N) is 1. The van der Waals surface area contributed by atoms with Crippen LogP contribution in [-0.2, 0) is 9.53 Å². The van der Waals surface area contributed by atoms with Crippen molar-refractivity contribution in [1.29, 1.82) is 5.26 Å². The molecule has 0 amide bonds. The molecule has 8 nitrogen and oxygen atoms in total. The minimum absolute atomic E-state index is 0.000499. The van der Waals surface area contributed by atoms with Gasteiger partial charge in [-0.3, -0.25) is 0 Å². The lowest BCUT2D eigenvalue weighted by molar-refractivity contribution is -0.138. The van der Waals surface area contributed by atoms with Gasteiger partial charge in [0.25, 0.3) is 0 Å². The summed E-state index contributed by atoms with van der Waals surface area (Å²) < 4.78 is 22.2. The topological polar surface area (TPSA) is 112 Å². The molecule has 268 valence electrons. The summed E-state index contributed by atoms with van der Waals surface area (Å²) in [5.74, 6) is -0.252. The first kappa shape index (κ1) is 37.8. The normalized spacial score (nSPS) is 10.4. The van der Waals surface area contributed by atoms with Crippen LogP contribution >= 0.6 is 0 Å². The molecule has 0 aromatic heterocycles. The van der Waals surface area contributed by atoms with Crippen molar-refractivity contribution in [1.82, 2.24) is 0 Å². The van der Waals surface area contributed by atoms with Crippen molar-refractivity contribution >= 4 is 23.5 Å². The molecule has 8 heteroatoms. The maximum Gasteiger partial charge on any atom is 0.349 e. The van der Waals surface area contributed by atoms with Crippen molar-refractivity contribution in [3.05, 3.63) is 167 Å². The van der Waals surface area contributed by atoms with E-state index >= 15 is 0 Å². The number of benzene rings is 5. The van der Waals surface area contributed by atoms with Gasteiger partial charge < -0.3 is 18.9 Å². The number of unbranched alkanes of at least 4 members (excludes halogenated alkanes) is 5. The summed E-state index contributed by atoms with van der Waals surface area (Å²) in [7, 11) is 0. The van der Waals surface area contributed by atoms with Crippen molar-refractivity contribution in [2.75, 3.05) is 13.2 Å². The first-order chi connectivity index (χ1) is 25.9. The number of nitriles is 1. The zero-order valence-electron chi connectivity index (χ0n) is 29.7. The Morgan fingerprint density at radius 3 is 1.43 bits per heavy atom. The van der Waals surface area contributed by atoms with Crippen molar-refractivity contribution in [2.24, 2.45) is 0 Å². The predicted molar refractivity (Wildman–Crippen MR) is 203 cm³/mol. The fourth-order valence-corrected chi connectivity index (χ4v) is 5.49. The van der Waals surface area contributed by atoms with Crippen molar-refractivity contribution < 1.29 is 33.3 Å². The first-order valence-corrected chi connectivity index (χ1v) is 17.7. The summed E-state index contributed by atoms with van der Waals surface area (Å²) in [6.07, 6.45) is 5.52. The molecule has 0 saturated heterocycles. The molecule has 0 heterocycles. The lowest BCUT2D eigenvalue weighted by Crippen LogP contribution is -2.11. The maximum atomic E-state index is 12.9. The number of ether oxygens (including phenoxy) is 4. The van der Waals surface area contributed by atoms with E-state index in [1.165, 1.54) is 0 Å². The van der Waals surface area contributed by atoms with Gasteiger partial charge in [0, 0.05) is 5.57 Å². The molecule has 0 aliphatic carbocycles. The fraction of sp³-hybridized carbons (Fsp3) is 0.200. The van der Waals surface area contributed by atoms with Gasteiger partial charge in [0.15, 0.2) is 0 Å². The largest absolute Gasteiger partial charge is 0.494 e. The summed E-state index contributed by atoms with van der Waals surface area (Å²) in [6.45, 7) is 2.75. The summed E-state index contributed by atoms with van der Waals surface area (Å²) in [4.78, 5) is 37.9. The van der Waals surface area contributed by atoms with Crippen LogP contribution in [0, 0.1) is 18.3 Å². The zero-order chi connectivity index (χ0) is 37.3. The highest BCUT2D eigenvalue weighted by Crippen LogP contribution is 2.28. The molecule has 0 atom stereocenters. The summed E-state index contributed by atoms with van der Waals surface area (Å²) in [5.41, 5.74) is 4.02. The zero-order valence-corrected chi connectivity index (χ0v) is 29.7. The van der Waals surface area contributed by atoms with Crippen molar-refractivity contribution in [3.63, 3.8) is 0 Å². The molecule has 0 fully saturated rings. The number of carbonyl (C=O) groups excluding carboxylic acids is 3. The Morgan fingerprint density at radius 2 is 0.943 bits per heavy atom. The highest BCUT2D eigenvalue weighted by atomic mass is 16.5. The van der Waals surface area contributed by atoms with Crippen LogP contribution in [0.15, 0.2) is 139 Å². The number of carbonyl (C=O) groups is 3. The Hall–Kier alpha value is -6.46. The van der Waals surface area contributed by atoms with E-state index in [-0.39, 0.29) is 12.2 Å². The van der Waals surface area contributed by atoms with E-state index in [2.05, 4.69) is 6.07 Å². The van der Waals surface area contributed by atoms with Gasteiger partial charge in [-0.2, -0.15) is 5.26 Å². The number of rotatable bonds is 17. The van der Waals surface area contributed by atoms with Crippen molar-refractivity contribution in [2.45, 2.75) is 45.4 Å². The Morgan fingerprint density at radius 1 is 0.509 bits per heavy atom. The second-order valence-corrected chi connectivity index (χ2v) is 12.3. The lowest BCUT2D eigenvalue weighted by Gasteiger charge is -2.12. The average Bonchev–Trinajstić information content (AvgIpc) is 3.19. The van der Waals surface area contributed by atoms with Crippen LogP contribution in [0.25, 0.3) is 5.57 Å². The average molecular weight is 708 g/mol. The first-order valence-electron chi connectivity index (χ1n) is 17.7. The van der Waals surface area contributed by atoms with Crippen LogP contribution in [0.2, 0.25) is 0 Å². The molecule has 53 heavy (non-hydrogen) atoms.